The van der Waals surface area contributed by atoms with E-state index >= 15 is 0 Å². The van der Waals surface area contributed by atoms with Crippen LogP contribution in [-0.2, 0) is 11.3 Å². The topological polar surface area (TPSA) is 29.5 Å². The molecule has 0 aromatic heterocycles. The van der Waals surface area contributed by atoms with Gasteiger partial charge in [-0.05, 0) is 26.8 Å². The van der Waals surface area contributed by atoms with Gasteiger partial charge < -0.3 is 9.64 Å². The Balaban J connectivity index is 2.38. The fourth-order valence-corrected chi connectivity index (χ4v) is 1.92. The van der Waals surface area contributed by atoms with Gasteiger partial charge in [0.2, 0.25) is 0 Å². The number of fused-ring (bicyclic) bond motifs is 1. The van der Waals surface area contributed by atoms with E-state index in [1.54, 1.807) is 6.92 Å². The van der Waals surface area contributed by atoms with Crippen LogP contribution in [0.4, 0.5) is 0 Å². The van der Waals surface area contributed by atoms with E-state index in [2.05, 4.69) is 0 Å². The van der Waals surface area contributed by atoms with Crippen molar-refractivity contribution in [3.63, 3.8) is 0 Å². The van der Waals surface area contributed by atoms with Crippen molar-refractivity contribution in [2.24, 2.45) is 0 Å². The van der Waals surface area contributed by atoms with Crippen LogP contribution in [0.2, 0.25) is 0 Å². The molecule has 0 bridgehead atoms. The smallest absolute Gasteiger partial charge is 0.263 e. The highest BCUT2D eigenvalue weighted by Crippen LogP contribution is 2.26. The summed E-state index contributed by atoms with van der Waals surface area (Å²) < 4.78 is 5.66. The van der Waals surface area contributed by atoms with Crippen LogP contribution in [0.25, 0.3) is 0 Å². The maximum Gasteiger partial charge on any atom is 0.263 e. The third kappa shape index (κ3) is 1.90. The first-order valence-electron chi connectivity index (χ1n) is 5.64. The highest BCUT2D eigenvalue weighted by Gasteiger charge is 2.28. The van der Waals surface area contributed by atoms with Gasteiger partial charge in [0.25, 0.3) is 5.91 Å². The molecule has 86 valence electrons. The molecule has 0 unspecified atom stereocenters. The minimum atomic E-state index is -0.397. The van der Waals surface area contributed by atoms with Gasteiger partial charge in [-0.2, -0.15) is 0 Å². The zero-order valence-electron chi connectivity index (χ0n) is 9.93. The van der Waals surface area contributed by atoms with Gasteiger partial charge in [-0.25, -0.2) is 0 Å². The van der Waals surface area contributed by atoms with Crippen molar-refractivity contribution in [2.75, 3.05) is 0 Å². The number of ether oxygens (including phenoxy) is 1. The number of nitrogens with zero attached hydrogens (tertiary/aromatic N) is 1. The van der Waals surface area contributed by atoms with E-state index in [1.807, 2.05) is 43.0 Å². The summed E-state index contributed by atoms with van der Waals surface area (Å²) in [6.07, 6.45) is -0.397. The largest absolute Gasteiger partial charge is 0.481 e. The lowest BCUT2D eigenvalue weighted by atomic mass is 10.1. The van der Waals surface area contributed by atoms with Crippen molar-refractivity contribution in [3.05, 3.63) is 29.8 Å². The van der Waals surface area contributed by atoms with Crippen molar-refractivity contribution >= 4 is 5.91 Å². The molecule has 1 aromatic carbocycles. The molecule has 1 atom stereocenters. The Morgan fingerprint density at radius 1 is 1.38 bits per heavy atom. The predicted molar refractivity (Wildman–Crippen MR) is 62.2 cm³/mol. The van der Waals surface area contributed by atoms with E-state index in [4.69, 9.17) is 4.74 Å². The van der Waals surface area contributed by atoms with Crippen LogP contribution in [-0.4, -0.2) is 23.0 Å². The van der Waals surface area contributed by atoms with Crippen molar-refractivity contribution in [1.82, 2.24) is 4.90 Å². The average Bonchev–Trinajstić information content (AvgIpc) is 2.37. The molecule has 1 aliphatic rings. The molecule has 0 spiro atoms. The van der Waals surface area contributed by atoms with E-state index in [1.165, 1.54) is 0 Å². The van der Waals surface area contributed by atoms with E-state index in [-0.39, 0.29) is 11.9 Å². The molecule has 1 aliphatic heterocycles. The fraction of sp³-hybridized carbons (Fsp3) is 0.462. The molecule has 3 heteroatoms. The van der Waals surface area contributed by atoms with Crippen LogP contribution in [0, 0.1) is 0 Å². The van der Waals surface area contributed by atoms with Crippen molar-refractivity contribution in [3.8, 4) is 5.75 Å². The number of para-hydroxylation sites is 1. The highest BCUT2D eigenvalue weighted by molar-refractivity contribution is 5.81. The minimum absolute atomic E-state index is 0.0613. The molecule has 0 saturated carbocycles. The lowest BCUT2D eigenvalue weighted by Crippen LogP contribution is -2.41. The Morgan fingerprint density at radius 3 is 2.75 bits per heavy atom. The van der Waals surface area contributed by atoms with Gasteiger partial charge in [-0.15, -0.1) is 0 Å². The zero-order valence-corrected chi connectivity index (χ0v) is 9.93. The maximum atomic E-state index is 12.1. The van der Waals surface area contributed by atoms with Gasteiger partial charge in [-0.3, -0.25) is 4.79 Å². The van der Waals surface area contributed by atoms with Crippen molar-refractivity contribution in [1.29, 1.82) is 0 Å². The monoisotopic (exact) mass is 219 g/mol. The average molecular weight is 219 g/mol. The van der Waals surface area contributed by atoms with E-state index in [0.717, 1.165) is 11.3 Å². The molecule has 16 heavy (non-hydrogen) atoms. The second-order valence-corrected chi connectivity index (χ2v) is 4.43. The highest BCUT2D eigenvalue weighted by atomic mass is 16.5. The summed E-state index contributed by atoms with van der Waals surface area (Å²) in [5, 5.41) is 0. The molecule has 0 fully saturated rings. The predicted octanol–water partition coefficient (Wildman–Crippen LogP) is 2.20. The first-order valence-corrected chi connectivity index (χ1v) is 5.64. The van der Waals surface area contributed by atoms with Crippen molar-refractivity contribution in [2.45, 2.75) is 39.5 Å². The Bertz CT molecular complexity index is 401. The standard InChI is InChI=1S/C13H17NO2/c1-9(2)14-8-11-6-4-5-7-12(11)16-10(3)13(14)15/h4-7,9-10H,8H2,1-3H3/t10-/m0/s1. The minimum Gasteiger partial charge on any atom is -0.481 e. The first-order chi connectivity index (χ1) is 7.59. The zero-order chi connectivity index (χ0) is 11.7. The summed E-state index contributed by atoms with van der Waals surface area (Å²) in [6, 6.07) is 8.03. The summed E-state index contributed by atoms with van der Waals surface area (Å²) in [7, 11) is 0. The van der Waals surface area contributed by atoms with Crippen LogP contribution < -0.4 is 4.74 Å². The third-order valence-corrected chi connectivity index (χ3v) is 2.87. The van der Waals surface area contributed by atoms with Crippen LogP contribution in [0.1, 0.15) is 26.3 Å². The number of hydrogen-bond donors (Lipinski definition) is 0. The summed E-state index contributed by atoms with van der Waals surface area (Å²) >= 11 is 0. The van der Waals surface area contributed by atoms with E-state index in [9.17, 15) is 4.79 Å². The summed E-state index contributed by atoms with van der Waals surface area (Å²) in [4.78, 5) is 13.9. The Labute approximate surface area is 96.0 Å². The van der Waals surface area contributed by atoms with Gasteiger partial charge in [0.15, 0.2) is 6.10 Å². The molecule has 1 aromatic rings. The molecule has 1 heterocycles. The van der Waals surface area contributed by atoms with E-state index < -0.39 is 6.10 Å². The number of hydrogen-bond acceptors (Lipinski definition) is 2. The summed E-state index contributed by atoms with van der Waals surface area (Å²) in [6.45, 7) is 6.49. The SMILES string of the molecule is CC(C)N1Cc2ccccc2O[C@@H](C)C1=O. The molecule has 0 saturated heterocycles. The molecule has 3 nitrogen and oxygen atoms in total. The maximum absolute atomic E-state index is 12.1. The quantitative estimate of drug-likeness (QED) is 0.724. The lowest BCUT2D eigenvalue weighted by molar-refractivity contribution is -0.139. The number of carbonyl (C=O) groups excluding carboxylic acids is 1. The van der Waals surface area contributed by atoms with Gasteiger partial charge >= 0.3 is 0 Å². The van der Waals surface area contributed by atoms with Crippen LogP contribution in [0.3, 0.4) is 0 Å². The van der Waals surface area contributed by atoms with Crippen LogP contribution in [0.5, 0.6) is 5.75 Å². The number of benzene rings is 1. The third-order valence-electron chi connectivity index (χ3n) is 2.87. The van der Waals surface area contributed by atoms with Crippen LogP contribution in [0.15, 0.2) is 24.3 Å². The molecule has 0 radical (unpaired) electrons. The number of amides is 1. The van der Waals surface area contributed by atoms with Crippen molar-refractivity contribution < 1.29 is 9.53 Å². The van der Waals surface area contributed by atoms with Gasteiger partial charge in [0.05, 0.1) is 0 Å². The number of carbonyl (C=O) groups is 1. The second kappa shape index (κ2) is 4.16. The lowest BCUT2D eigenvalue weighted by Gasteiger charge is -2.26. The van der Waals surface area contributed by atoms with Gasteiger partial charge in [0, 0.05) is 18.2 Å². The fourth-order valence-electron chi connectivity index (χ4n) is 1.92. The van der Waals surface area contributed by atoms with E-state index in [0.29, 0.717) is 6.54 Å². The summed E-state index contributed by atoms with van der Waals surface area (Å²) in [5.74, 6) is 0.887. The Morgan fingerprint density at radius 2 is 2.06 bits per heavy atom. The van der Waals surface area contributed by atoms with Gasteiger partial charge in [-0.1, -0.05) is 18.2 Å². The summed E-state index contributed by atoms with van der Waals surface area (Å²) in [5.41, 5.74) is 1.08. The molecule has 0 aliphatic carbocycles. The number of rotatable bonds is 1. The Kier molecular flexibility index (Phi) is 2.86. The Hall–Kier alpha value is -1.51. The normalized spacial score (nSPS) is 20.4. The molecule has 2 rings (SSSR count). The molecule has 1 amide bonds. The first kappa shape index (κ1) is 11.0. The van der Waals surface area contributed by atoms with Gasteiger partial charge in [0.1, 0.15) is 5.75 Å². The van der Waals surface area contributed by atoms with Crippen LogP contribution >= 0.6 is 0 Å². The molecular weight excluding hydrogens is 202 g/mol. The second-order valence-electron chi connectivity index (χ2n) is 4.43. The molecular formula is C13H17NO2. The molecule has 0 N–H and O–H groups in total.